The van der Waals surface area contributed by atoms with Crippen molar-refractivity contribution in [3.05, 3.63) is 90.5 Å². The van der Waals surface area contributed by atoms with Crippen LogP contribution in [0.1, 0.15) is 25.3 Å². The van der Waals surface area contributed by atoms with E-state index in [0.29, 0.717) is 6.04 Å². The molecule has 0 aliphatic heterocycles. The summed E-state index contributed by atoms with van der Waals surface area (Å²) in [5, 5.41) is 3.68. The number of benzene rings is 3. The van der Waals surface area contributed by atoms with Gasteiger partial charge in [0.2, 0.25) is 0 Å². The lowest BCUT2D eigenvalue weighted by molar-refractivity contribution is 0.482. The van der Waals surface area contributed by atoms with Gasteiger partial charge in [-0.3, -0.25) is 0 Å². The second kappa shape index (κ2) is 6.64. The van der Waals surface area contributed by atoms with E-state index in [1.54, 1.807) is 0 Å². The number of hydrogen-bond donors (Lipinski definition) is 1. The first-order valence-electron chi connectivity index (χ1n) is 8.91. The molecule has 0 saturated heterocycles. The van der Waals surface area contributed by atoms with Gasteiger partial charge in [0.25, 0.3) is 0 Å². The Morgan fingerprint density at radius 2 is 1.32 bits per heavy atom. The van der Waals surface area contributed by atoms with Gasteiger partial charge in [0.05, 0.1) is 0 Å². The molecule has 2 nitrogen and oxygen atoms in total. The fourth-order valence-electron chi connectivity index (χ4n) is 3.51. The lowest BCUT2D eigenvalue weighted by atomic mass is 9.89. The third kappa shape index (κ3) is 3.39. The highest BCUT2D eigenvalue weighted by atomic mass is 16.5. The summed E-state index contributed by atoms with van der Waals surface area (Å²) < 4.78 is 5.86. The third-order valence-corrected chi connectivity index (χ3v) is 5.18. The molecule has 25 heavy (non-hydrogen) atoms. The highest BCUT2D eigenvalue weighted by Gasteiger charge is 2.48. The van der Waals surface area contributed by atoms with E-state index < -0.39 is 0 Å². The van der Waals surface area contributed by atoms with Crippen LogP contribution in [0.4, 0.5) is 5.69 Å². The number of nitrogens with one attached hydrogen (secondary N) is 1. The van der Waals surface area contributed by atoms with Crippen molar-refractivity contribution in [1.82, 2.24) is 0 Å². The van der Waals surface area contributed by atoms with Gasteiger partial charge in [-0.2, -0.15) is 0 Å². The standard InChI is InChI=1S/C23H23NO/c1-18(23(16-17-23)19-8-4-2-5-9-19)24-20-12-14-22(15-13-20)25-21-10-6-3-7-11-21/h2-15,18,24H,16-17H2,1H3. The minimum atomic E-state index is 0.278. The molecular weight excluding hydrogens is 306 g/mol. The van der Waals surface area contributed by atoms with Crippen molar-refractivity contribution in [3.63, 3.8) is 0 Å². The van der Waals surface area contributed by atoms with Crippen LogP contribution in [0.15, 0.2) is 84.9 Å². The zero-order chi connectivity index (χ0) is 17.1. The van der Waals surface area contributed by atoms with Crippen molar-refractivity contribution in [2.45, 2.75) is 31.2 Å². The molecule has 0 aromatic heterocycles. The van der Waals surface area contributed by atoms with Crippen LogP contribution in [-0.2, 0) is 5.41 Å². The van der Waals surface area contributed by atoms with E-state index in [1.807, 2.05) is 42.5 Å². The smallest absolute Gasteiger partial charge is 0.127 e. The summed E-state index contributed by atoms with van der Waals surface area (Å²) in [5.41, 5.74) is 2.86. The van der Waals surface area contributed by atoms with Crippen LogP contribution in [-0.4, -0.2) is 6.04 Å². The maximum atomic E-state index is 5.86. The van der Waals surface area contributed by atoms with Crippen molar-refractivity contribution < 1.29 is 4.74 Å². The van der Waals surface area contributed by atoms with Crippen molar-refractivity contribution in [2.75, 3.05) is 5.32 Å². The Balaban J connectivity index is 1.43. The normalized spacial score (nSPS) is 16.0. The summed E-state index contributed by atoms with van der Waals surface area (Å²) in [5.74, 6) is 1.71. The minimum Gasteiger partial charge on any atom is -0.457 e. The maximum absolute atomic E-state index is 5.86. The molecule has 1 atom stereocenters. The molecule has 0 bridgehead atoms. The van der Waals surface area contributed by atoms with Crippen LogP contribution in [0.2, 0.25) is 0 Å². The van der Waals surface area contributed by atoms with Gasteiger partial charge in [-0.25, -0.2) is 0 Å². The van der Waals surface area contributed by atoms with Gasteiger partial charge in [0, 0.05) is 17.1 Å². The first-order chi connectivity index (χ1) is 12.3. The van der Waals surface area contributed by atoms with Crippen LogP contribution >= 0.6 is 0 Å². The van der Waals surface area contributed by atoms with Gasteiger partial charge in [-0.05, 0) is 61.7 Å². The molecule has 1 aliphatic carbocycles. The SMILES string of the molecule is CC(Nc1ccc(Oc2ccccc2)cc1)C1(c2ccccc2)CC1. The number of para-hydroxylation sites is 1. The molecule has 2 heteroatoms. The molecule has 126 valence electrons. The van der Waals surface area contributed by atoms with Crippen LogP contribution in [0, 0.1) is 0 Å². The van der Waals surface area contributed by atoms with Gasteiger partial charge in [0.1, 0.15) is 11.5 Å². The molecule has 1 unspecified atom stereocenters. The highest BCUT2D eigenvalue weighted by molar-refractivity contribution is 5.50. The van der Waals surface area contributed by atoms with E-state index in [-0.39, 0.29) is 5.41 Å². The van der Waals surface area contributed by atoms with E-state index in [2.05, 4.69) is 54.7 Å². The van der Waals surface area contributed by atoms with Crippen LogP contribution < -0.4 is 10.1 Å². The molecule has 0 heterocycles. The van der Waals surface area contributed by atoms with Gasteiger partial charge in [-0.1, -0.05) is 48.5 Å². The number of rotatable bonds is 6. The maximum Gasteiger partial charge on any atom is 0.127 e. The first-order valence-corrected chi connectivity index (χ1v) is 8.91. The van der Waals surface area contributed by atoms with Crippen LogP contribution in [0.3, 0.4) is 0 Å². The summed E-state index contributed by atoms with van der Waals surface area (Å²) in [7, 11) is 0. The van der Waals surface area contributed by atoms with E-state index in [0.717, 1.165) is 17.2 Å². The predicted molar refractivity (Wildman–Crippen MR) is 103 cm³/mol. The topological polar surface area (TPSA) is 21.3 Å². The summed E-state index contributed by atoms with van der Waals surface area (Å²) in [6.07, 6.45) is 2.50. The fraction of sp³-hybridized carbons (Fsp3) is 0.217. The van der Waals surface area contributed by atoms with Crippen molar-refractivity contribution >= 4 is 5.69 Å². The first kappa shape index (κ1) is 15.8. The zero-order valence-corrected chi connectivity index (χ0v) is 14.5. The van der Waals surface area contributed by atoms with Crippen LogP contribution in [0.5, 0.6) is 11.5 Å². The highest BCUT2D eigenvalue weighted by Crippen LogP contribution is 2.51. The number of hydrogen-bond acceptors (Lipinski definition) is 2. The molecule has 0 amide bonds. The zero-order valence-electron chi connectivity index (χ0n) is 14.5. The van der Waals surface area contributed by atoms with E-state index in [9.17, 15) is 0 Å². The van der Waals surface area contributed by atoms with Gasteiger partial charge < -0.3 is 10.1 Å². The third-order valence-electron chi connectivity index (χ3n) is 5.18. The molecule has 1 saturated carbocycles. The molecule has 1 fully saturated rings. The summed E-state index contributed by atoms with van der Waals surface area (Å²) in [6, 6.07) is 29.4. The second-order valence-corrected chi connectivity index (χ2v) is 6.83. The lowest BCUT2D eigenvalue weighted by Gasteiger charge is -2.26. The Morgan fingerprint density at radius 1 is 0.760 bits per heavy atom. The van der Waals surface area contributed by atoms with E-state index in [4.69, 9.17) is 4.74 Å². The predicted octanol–water partition coefficient (Wildman–Crippen LogP) is 6.01. The van der Waals surface area contributed by atoms with Crippen molar-refractivity contribution in [1.29, 1.82) is 0 Å². The van der Waals surface area contributed by atoms with Crippen molar-refractivity contribution in [2.24, 2.45) is 0 Å². The van der Waals surface area contributed by atoms with E-state index >= 15 is 0 Å². The Bertz CT molecular complexity index is 808. The summed E-state index contributed by atoms with van der Waals surface area (Å²) in [4.78, 5) is 0. The minimum absolute atomic E-state index is 0.278. The molecule has 4 rings (SSSR count). The number of ether oxygens (including phenoxy) is 1. The fourth-order valence-corrected chi connectivity index (χ4v) is 3.51. The van der Waals surface area contributed by atoms with Crippen molar-refractivity contribution in [3.8, 4) is 11.5 Å². The van der Waals surface area contributed by atoms with E-state index in [1.165, 1.54) is 18.4 Å². The van der Waals surface area contributed by atoms with Gasteiger partial charge in [-0.15, -0.1) is 0 Å². The average molecular weight is 329 g/mol. The summed E-state index contributed by atoms with van der Waals surface area (Å²) >= 11 is 0. The molecule has 1 aliphatic rings. The molecule has 0 spiro atoms. The van der Waals surface area contributed by atoms with Gasteiger partial charge in [0.15, 0.2) is 0 Å². The quantitative estimate of drug-likeness (QED) is 0.598. The lowest BCUT2D eigenvalue weighted by Crippen LogP contribution is -2.30. The molecule has 0 radical (unpaired) electrons. The second-order valence-electron chi connectivity index (χ2n) is 6.83. The molecule has 1 N–H and O–H groups in total. The Morgan fingerprint density at radius 3 is 1.92 bits per heavy atom. The molecule has 3 aromatic carbocycles. The average Bonchev–Trinajstić information content (AvgIpc) is 3.47. The Hall–Kier alpha value is -2.74. The Labute approximate surface area is 149 Å². The summed E-state index contributed by atoms with van der Waals surface area (Å²) in [6.45, 7) is 2.29. The molecular formula is C23H23NO. The molecule has 3 aromatic rings. The number of anilines is 1. The largest absolute Gasteiger partial charge is 0.457 e. The Kier molecular flexibility index (Phi) is 4.19. The van der Waals surface area contributed by atoms with Crippen LogP contribution in [0.25, 0.3) is 0 Å². The monoisotopic (exact) mass is 329 g/mol. The van der Waals surface area contributed by atoms with Gasteiger partial charge >= 0.3 is 0 Å².